The van der Waals surface area contributed by atoms with Crippen LogP contribution in [0.25, 0.3) is 0 Å². The van der Waals surface area contributed by atoms with Crippen LogP contribution in [-0.4, -0.2) is 30.0 Å². The van der Waals surface area contributed by atoms with Gasteiger partial charge in [0, 0.05) is 25.3 Å². The van der Waals surface area contributed by atoms with Crippen molar-refractivity contribution in [2.75, 3.05) is 18.0 Å². The molecule has 4 nitrogen and oxygen atoms in total. The summed E-state index contributed by atoms with van der Waals surface area (Å²) in [6.45, 7) is 5.97. The Bertz CT molecular complexity index is 691. The van der Waals surface area contributed by atoms with Gasteiger partial charge in [-0.1, -0.05) is 30.3 Å². The molecule has 0 unspecified atom stereocenters. The standard InChI is InChI=1S/C21H27N3O/c1-16(2)23-21(25)19-13-20(15-22-14-19)24-10-8-18(9-11-24)12-17-6-4-3-5-7-17/h3-7,13-16,18H,8-12H2,1-2H3,(H,23,25). The molecule has 132 valence electrons. The predicted molar refractivity (Wildman–Crippen MR) is 102 cm³/mol. The van der Waals surface area contributed by atoms with E-state index in [4.69, 9.17) is 0 Å². The van der Waals surface area contributed by atoms with E-state index in [1.54, 1.807) is 6.20 Å². The van der Waals surface area contributed by atoms with E-state index < -0.39 is 0 Å². The van der Waals surface area contributed by atoms with Gasteiger partial charge in [-0.25, -0.2) is 0 Å². The minimum atomic E-state index is -0.0525. The zero-order valence-electron chi connectivity index (χ0n) is 15.1. The van der Waals surface area contributed by atoms with Gasteiger partial charge in [-0.3, -0.25) is 9.78 Å². The summed E-state index contributed by atoms with van der Waals surface area (Å²) in [5.74, 6) is 0.683. The van der Waals surface area contributed by atoms with Gasteiger partial charge in [0.25, 0.3) is 5.91 Å². The minimum Gasteiger partial charge on any atom is -0.370 e. The number of piperidine rings is 1. The number of benzene rings is 1. The summed E-state index contributed by atoms with van der Waals surface area (Å²) in [7, 11) is 0. The second-order valence-electron chi connectivity index (χ2n) is 7.18. The predicted octanol–water partition coefficient (Wildman–Crippen LogP) is 3.68. The molecule has 1 aromatic heterocycles. The molecule has 1 amide bonds. The van der Waals surface area contributed by atoms with Crippen LogP contribution >= 0.6 is 0 Å². The summed E-state index contributed by atoms with van der Waals surface area (Å²) in [5, 5.41) is 2.93. The quantitative estimate of drug-likeness (QED) is 0.905. The molecule has 0 saturated carbocycles. The summed E-state index contributed by atoms with van der Waals surface area (Å²) in [5.41, 5.74) is 3.11. The third kappa shape index (κ3) is 4.81. The number of carbonyl (C=O) groups excluding carboxylic acids is 1. The molecule has 0 radical (unpaired) electrons. The largest absolute Gasteiger partial charge is 0.370 e. The van der Waals surface area contributed by atoms with Gasteiger partial charge in [0.1, 0.15) is 0 Å². The summed E-state index contributed by atoms with van der Waals surface area (Å²) in [6, 6.07) is 12.8. The number of hydrogen-bond acceptors (Lipinski definition) is 3. The number of hydrogen-bond donors (Lipinski definition) is 1. The Hall–Kier alpha value is -2.36. The lowest BCUT2D eigenvalue weighted by Gasteiger charge is -2.33. The molecule has 0 spiro atoms. The van der Waals surface area contributed by atoms with E-state index >= 15 is 0 Å². The highest BCUT2D eigenvalue weighted by atomic mass is 16.1. The van der Waals surface area contributed by atoms with Crippen molar-refractivity contribution >= 4 is 11.6 Å². The van der Waals surface area contributed by atoms with Gasteiger partial charge in [0.05, 0.1) is 17.4 Å². The molecule has 3 rings (SSSR count). The molecule has 1 aliphatic rings. The summed E-state index contributed by atoms with van der Waals surface area (Å²) >= 11 is 0. The van der Waals surface area contributed by atoms with Crippen LogP contribution in [0.1, 0.15) is 42.6 Å². The number of aromatic nitrogens is 1. The number of amides is 1. The van der Waals surface area contributed by atoms with Crippen LogP contribution in [0.2, 0.25) is 0 Å². The average molecular weight is 337 g/mol. The maximum atomic E-state index is 12.2. The minimum absolute atomic E-state index is 0.0525. The highest BCUT2D eigenvalue weighted by Crippen LogP contribution is 2.25. The van der Waals surface area contributed by atoms with Gasteiger partial charge in [0.15, 0.2) is 0 Å². The Morgan fingerprint density at radius 2 is 1.92 bits per heavy atom. The Kier molecular flexibility index (Phi) is 5.69. The lowest BCUT2D eigenvalue weighted by atomic mass is 9.90. The van der Waals surface area contributed by atoms with E-state index in [0.29, 0.717) is 5.56 Å². The lowest BCUT2D eigenvalue weighted by Crippen LogP contribution is -2.35. The van der Waals surface area contributed by atoms with E-state index in [2.05, 4.69) is 45.5 Å². The van der Waals surface area contributed by atoms with Crippen LogP contribution in [0.3, 0.4) is 0 Å². The fourth-order valence-electron chi connectivity index (χ4n) is 3.41. The molecule has 0 bridgehead atoms. The second kappa shape index (κ2) is 8.15. The first kappa shape index (κ1) is 17.5. The van der Waals surface area contributed by atoms with Gasteiger partial charge in [-0.2, -0.15) is 0 Å². The molecule has 0 aliphatic carbocycles. The van der Waals surface area contributed by atoms with Crippen LogP contribution in [0.4, 0.5) is 5.69 Å². The molecular weight excluding hydrogens is 310 g/mol. The van der Waals surface area contributed by atoms with Gasteiger partial charge >= 0.3 is 0 Å². The highest BCUT2D eigenvalue weighted by molar-refractivity contribution is 5.94. The van der Waals surface area contributed by atoms with E-state index in [-0.39, 0.29) is 11.9 Å². The lowest BCUT2D eigenvalue weighted by molar-refractivity contribution is 0.0943. The maximum Gasteiger partial charge on any atom is 0.253 e. The van der Waals surface area contributed by atoms with E-state index in [9.17, 15) is 4.79 Å². The summed E-state index contributed by atoms with van der Waals surface area (Å²) < 4.78 is 0. The van der Waals surface area contributed by atoms with Crippen molar-refractivity contribution in [3.05, 3.63) is 59.9 Å². The third-order valence-electron chi connectivity index (χ3n) is 4.75. The number of carbonyl (C=O) groups is 1. The van der Waals surface area contributed by atoms with Crippen LogP contribution in [0.5, 0.6) is 0 Å². The Morgan fingerprint density at radius 3 is 2.60 bits per heavy atom. The molecule has 2 aromatic rings. The summed E-state index contributed by atoms with van der Waals surface area (Å²) in [4.78, 5) is 18.8. The van der Waals surface area contributed by atoms with Crippen LogP contribution in [0.15, 0.2) is 48.8 Å². The molecule has 1 saturated heterocycles. The molecule has 1 aromatic carbocycles. The molecule has 1 N–H and O–H groups in total. The smallest absolute Gasteiger partial charge is 0.253 e. The number of rotatable bonds is 5. The normalized spacial score (nSPS) is 15.4. The number of anilines is 1. The number of nitrogens with one attached hydrogen (secondary N) is 1. The van der Waals surface area contributed by atoms with Gasteiger partial charge in [-0.15, -0.1) is 0 Å². The maximum absolute atomic E-state index is 12.2. The summed E-state index contributed by atoms with van der Waals surface area (Å²) in [6.07, 6.45) is 7.02. The van der Waals surface area contributed by atoms with E-state index in [1.165, 1.54) is 18.4 Å². The fraction of sp³-hybridized carbons (Fsp3) is 0.429. The van der Waals surface area contributed by atoms with Crippen LogP contribution in [-0.2, 0) is 6.42 Å². The Balaban J connectivity index is 1.58. The van der Waals surface area contributed by atoms with E-state index in [0.717, 1.165) is 31.1 Å². The topological polar surface area (TPSA) is 45.2 Å². The molecule has 4 heteroatoms. The number of pyridine rings is 1. The van der Waals surface area contributed by atoms with Crippen LogP contribution < -0.4 is 10.2 Å². The van der Waals surface area contributed by atoms with Gasteiger partial charge < -0.3 is 10.2 Å². The van der Waals surface area contributed by atoms with Crippen molar-refractivity contribution in [2.24, 2.45) is 5.92 Å². The molecule has 0 atom stereocenters. The van der Waals surface area contributed by atoms with Crippen molar-refractivity contribution in [1.29, 1.82) is 0 Å². The van der Waals surface area contributed by atoms with Crippen molar-refractivity contribution in [2.45, 2.75) is 39.2 Å². The Morgan fingerprint density at radius 1 is 1.20 bits per heavy atom. The average Bonchev–Trinajstić information content (AvgIpc) is 2.63. The van der Waals surface area contributed by atoms with Gasteiger partial charge in [0.2, 0.25) is 0 Å². The van der Waals surface area contributed by atoms with E-state index in [1.807, 2.05) is 26.1 Å². The highest BCUT2D eigenvalue weighted by Gasteiger charge is 2.20. The molecule has 2 heterocycles. The second-order valence-corrected chi connectivity index (χ2v) is 7.18. The first-order chi connectivity index (χ1) is 12.1. The van der Waals surface area contributed by atoms with Crippen molar-refractivity contribution in [1.82, 2.24) is 10.3 Å². The molecular formula is C21H27N3O. The zero-order valence-corrected chi connectivity index (χ0v) is 15.1. The monoisotopic (exact) mass is 337 g/mol. The zero-order chi connectivity index (χ0) is 17.6. The van der Waals surface area contributed by atoms with Crippen LogP contribution in [0, 0.1) is 5.92 Å². The van der Waals surface area contributed by atoms with Gasteiger partial charge in [-0.05, 0) is 50.7 Å². The third-order valence-corrected chi connectivity index (χ3v) is 4.75. The van der Waals surface area contributed by atoms with Crippen molar-refractivity contribution in [3.8, 4) is 0 Å². The molecule has 1 fully saturated rings. The molecule has 25 heavy (non-hydrogen) atoms. The van der Waals surface area contributed by atoms with Crippen molar-refractivity contribution < 1.29 is 4.79 Å². The SMILES string of the molecule is CC(C)NC(=O)c1cncc(N2CCC(Cc3ccccc3)CC2)c1. The van der Waals surface area contributed by atoms with Crippen molar-refractivity contribution in [3.63, 3.8) is 0 Å². The number of nitrogens with zero attached hydrogens (tertiary/aromatic N) is 2. The first-order valence-electron chi connectivity index (χ1n) is 9.16. The molecule has 1 aliphatic heterocycles. The first-order valence-corrected chi connectivity index (χ1v) is 9.16. The Labute approximate surface area is 150 Å². The fourth-order valence-corrected chi connectivity index (χ4v) is 3.41.